The van der Waals surface area contributed by atoms with Gasteiger partial charge in [0.05, 0.1) is 21.5 Å². The third-order valence-corrected chi connectivity index (χ3v) is 7.39. The predicted octanol–water partition coefficient (Wildman–Crippen LogP) is 6.38. The number of anilines is 1. The summed E-state index contributed by atoms with van der Waals surface area (Å²) in [5.41, 5.74) is 4.15. The first-order valence-corrected chi connectivity index (χ1v) is 12.3. The van der Waals surface area contributed by atoms with Crippen molar-refractivity contribution in [3.05, 3.63) is 56.5 Å². The zero-order valence-corrected chi connectivity index (χ0v) is 19.8. The van der Waals surface area contributed by atoms with Crippen LogP contribution < -0.4 is 5.32 Å². The molecule has 1 aliphatic carbocycles. The summed E-state index contributed by atoms with van der Waals surface area (Å²) in [5, 5.41) is 15.9. The van der Waals surface area contributed by atoms with Crippen molar-refractivity contribution >= 4 is 57.3 Å². The van der Waals surface area contributed by atoms with E-state index in [1.807, 2.05) is 11.4 Å². The number of halogens is 2. The second-order valence-corrected chi connectivity index (χ2v) is 10.2. The lowest BCUT2D eigenvalue weighted by atomic mass is 9.95. The van der Waals surface area contributed by atoms with Gasteiger partial charge < -0.3 is 5.32 Å². The monoisotopic (exact) mass is 488 g/mol. The predicted molar refractivity (Wildman–Crippen MR) is 127 cm³/mol. The van der Waals surface area contributed by atoms with Crippen molar-refractivity contribution in [3.8, 4) is 17.3 Å². The van der Waals surface area contributed by atoms with E-state index in [1.54, 1.807) is 25.1 Å². The minimum absolute atomic E-state index is 0.198. The standard InChI is InChI=1S/C22H18Cl2N4OS2/c1-12(31-21-14(10-25)8-13-4-2-3-5-18(13)26-21)20(29)28-22-27-19(11-30-22)16-7-6-15(23)9-17(16)24/h6-9,11-12H,2-5H2,1H3,(H,27,28,29). The van der Waals surface area contributed by atoms with E-state index in [1.165, 1.54) is 23.1 Å². The van der Waals surface area contributed by atoms with Crippen molar-refractivity contribution in [2.45, 2.75) is 42.9 Å². The van der Waals surface area contributed by atoms with Gasteiger partial charge in [-0.15, -0.1) is 11.3 Å². The molecule has 1 aromatic carbocycles. The molecule has 1 amide bonds. The molecule has 1 atom stereocenters. The number of aryl methyl sites for hydroxylation is 2. The lowest BCUT2D eigenvalue weighted by molar-refractivity contribution is -0.115. The molecule has 4 rings (SSSR count). The molecule has 2 aromatic heterocycles. The Bertz CT molecular complexity index is 1190. The average Bonchev–Trinajstić information content (AvgIpc) is 3.21. The molecule has 1 unspecified atom stereocenters. The quantitative estimate of drug-likeness (QED) is 0.421. The van der Waals surface area contributed by atoms with Crippen LogP contribution in [0.5, 0.6) is 0 Å². The first kappa shape index (κ1) is 22.1. The summed E-state index contributed by atoms with van der Waals surface area (Å²) in [6.45, 7) is 1.80. The van der Waals surface area contributed by atoms with Gasteiger partial charge in [0, 0.05) is 21.7 Å². The molecule has 0 bridgehead atoms. The van der Waals surface area contributed by atoms with Crippen LogP contribution in [0.4, 0.5) is 5.13 Å². The van der Waals surface area contributed by atoms with E-state index in [2.05, 4.69) is 16.4 Å². The molecule has 0 aliphatic heterocycles. The second-order valence-electron chi connectivity index (χ2n) is 7.18. The maximum Gasteiger partial charge on any atom is 0.239 e. The van der Waals surface area contributed by atoms with Crippen LogP contribution in [-0.2, 0) is 17.6 Å². The van der Waals surface area contributed by atoms with Gasteiger partial charge in [0.1, 0.15) is 11.1 Å². The highest BCUT2D eigenvalue weighted by molar-refractivity contribution is 8.00. The molecule has 158 valence electrons. The fourth-order valence-electron chi connectivity index (χ4n) is 3.36. The van der Waals surface area contributed by atoms with Crippen LogP contribution in [0, 0.1) is 11.3 Å². The second kappa shape index (κ2) is 9.58. The van der Waals surface area contributed by atoms with E-state index in [0.29, 0.717) is 31.5 Å². The van der Waals surface area contributed by atoms with Gasteiger partial charge in [-0.25, -0.2) is 9.97 Å². The average molecular weight is 489 g/mol. The van der Waals surface area contributed by atoms with Gasteiger partial charge in [-0.2, -0.15) is 5.26 Å². The Morgan fingerprint density at radius 1 is 1.26 bits per heavy atom. The van der Waals surface area contributed by atoms with Gasteiger partial charge in [0.2, 0.25) is 5.91 Å². The number of amides is 1. The summed E-state index contributed by atoms with van der Waals surface area (Å²) in [5.74, 6) is -0.198. The molecule has 0 radical (unpaired) electrons. The fraction of sp³-hybridized carbons (Fsp3) is 0.273. The largest absolute Gasteiger partial charge is 0.301 e. The third-order valence-electron chi connectivity index (χ3n) is 4.99. The first-order valence-electron chi connectivity index (χ1n) is 9.76. The van der Waals surface area contributed by atoms with Crippen LogP contribution in [0.25, 0.3) is 11.3 Å². The van der Waals surface area contributed by atoms with Crippen molar-refractivity contribution < 1.29 is 4.79 Å². The summed E-state index contributed by atoms with van der Waals surface area (Å²) in [6.07, 6.45) is 4.12. The molecule has 31 heavy (non-hydrogen) atoms. The van der Waals surface area contributed by atoms with Crippen LogP contribution in [0.3, 0.4) is 0 Å². The number of pyridine rings is 1. The summed E-state index contributed by atoms with van der Waals surface area (Å²) < 4.78 is 0. The molecule has 9 heteroatoms. The Labute approximate surface area is 198 Å². The Morgan fingerprint density at radius 3 is 2.84 bits per heavy atom. The van der Waals surface area contributed by atoms with Gasteiger partial charge in [-0.3, -0.25) is 4.79 Å². The number of carbonyl (C=O) groups is 1. The summed E-state index contributed by atoms with van der Waals surface area (Å²) in [6, 6.07) is 9.36. The molecule has 1 aliphatic rings. The van der Waals surface area contributed by atoms with Crippen LogP contribution in [0.1, 0.15) is 36.6 Å². The van der Waals surface area contributed by atoms with Crippen LogP contribution in [-0.4, -0.2) is 21.1 Å². The number of hydrogen-bond acceptors (Lipinski definition) is 6. The number of benzene rings is 1. The number of fused-ring (bicyclic) bond motifs is 1. The van der Waals surface area contributed by atoms with Gasteiger partial charge in [0.15, 0.2) is 5.13 Å². The molecule has 2 heterocycles. The summed E-state index contributed by atoms with van der Waals surface area (Å²) >= 11 is 14.8. The zero-order chi connectivity index (χ0) is 22.0. The molecular formula is C22H18Cl2N4OS2. The van der Waals surface area contributed by atoms with E-state index in [9.17, 15) is 10.1 Å². The minimum Gasteiger partial charge on any atom is -0.301 e. The highest BCUT2D eigenvalue weighted by Gasteiger charge is 2.21. The number of hydrogen-bond donors (Lipinski definition) is 1. The zero-order valence-electron chi connectivity index (χ0n) is 16.6. The molecule has 5 nitrogen and oxygen atoms in total. The fourth-order valence-corrected chi connectivity index (χ4v) is 5.48. The summed E-state index contributed by atoms with van der Waals surface area (Å²) in [7, 11) is 0. The van der Waals surface area contributed by atoms with Gasteiger partial charge in [-0.1, -0.05) is 35.0 Å². The smallest absolute Gasteiger partial charge is 0.239 e. The van der Waals surface area contributed by atoms with Crippen molar-refractivity contribution in [1.29, 1.82) is 5.26 Å². The molecule has 0 fully saturated rings. The minimum atomic E-state index is -0.437. The van der Waals surface area contributed by atoms with Crippen molar-refractivity contribution in [1.82, 2.24) is 9.97 Å². The molecule has 3 aromatic rings. The van der Waals surface area contributed by atoms with E-state index in [0.717, 1.165) is 42.5 Å². The Morgan fingerprint density at radius 2 is 2.06 bits per heavy atom. The SMILES string of the molecule is CC(Sc1nc2c(cc1C#N)CCCC2)C(=O)Nc1nc(-c2ccc(Cl)cc2Cl)cs1. The normalized spacial score (nSPS) is 13.9. The topological polar surface area (TPSA) is 78.7 Å². The lowest BCUT2D eigenvalue weighted by Crippen LogP contribution is -2.22. The van der Waals surface area contributed by atoms with Gasteiger partial charge in [-0.05, 0) is 62.4 Å². The number of nitrogens with zero attached hydrogens (tertiary/aromatic N) is 3. The van der Waals surface area contributed by atoms with E-state index < -0.39 is 5.25 Å². The highest BCUT2D eigenvalue weighted by Crippen LogP contribution is 2.33. The van der Waals surface area contributed by atoms with Crippen LogP contribution >= 0.6 is 46.3 Å². The highest BCUT2D eigenvalue weighted by atomic mass is 35.5. The number of nitriles is 1. The number of thiazole rings is 1. The molecule has 0 saturated heterocycles. The van der Waals surface area contributed by atoms with Crippen LogP contribution in [0.2, 0.25) is 10.0 Å². The molecule has 0 saturated carbocycles. The number of thioether (sulfide) groups is 1. The Hall–Kier alpha value is -2.11. The number of carbonyl (C=O) groups excluding carboxylic acids is 1. The maximum absolute atomic E-state index is 12.7. The Kier molecular flexibility index (Phi) is 6.83. The number of rotatable bonds is 5. The third kappa shape index (κ3) is 5.04. The number of aromatic nitrogens is 2. The molecule has 1 N–H and O–H groups in total. The van der Waals surface area contributed by atoms with Gasteiger partial charge >= 0.3 is 0 Å². The van der Waals surface area contributed by atoms with Gasteiger partial charge in [0.25, 0.3) is 0 Å². The van der Waals surface area contributed by atoms with E-state index in [-0.39, 0.29) is 5.91 Å². The van der Waals surface area contributed by atoms with Crippen molar-refractivity contribution in [3.63, 3.8) is 0 Å². The van der Waals surface area contributed by atoms with Crippen LogP contribution in [0.15, 0.2) is 34.7 Å². The Balaban J connectivity index is 1.46. The lowest BCUT2D eigenvalue weighted by Gasteiger charge is -2.17. The molecular weight excluding hydrogens is 471 g/mol. The number of nitrogens with one attached hydrogen (secondary N) is 1. The summed E-state index contributed by atoms with van der Waals surface area (Å²) in [4.78, 5) is 21.9. The van der Waals surface area contributed by atoms with Crippen molar-refractivity contribution in [2.24, 2.45) is 0 Å². The van der Waals surface area contributed by atoms with E-state index in [4.69, 9.17) is 28.2 Å². The maximum atomic E-state index is 12.7. The first-order chi connectivity index (χ1) is 14.9. The van der Waals surface area contributed by atoms with Crippen molar-refractivity contribution in [2.75, 3.05) is 5.32 Å². The molecule has 0 spiro atoms. The van der Waals surface area contributed by atoms with E-state index >= 15 is 0 Å².